The number of rotatable bonds is 4. The lowest BCUT2D eigenvalue weighted by atomic mass is 10.00. The molecule has 0 fully saturated rings. The Labute approximate surface area is 278 Å². The summed E-state index contributed by atoms with van der Waals surface area (Å²) in [5.41, 5.74) is 5.44. The summed E-state index contributed by atoms with van der Waals surface area (Å²) in [5, 5.41) is 7.09. The Hall–Kier alpha value is -6.24. The van der Waals surface area contributed by atoms with Crippen molar-refractivity contribution in [2.45, 2.75) is 0 Å². The molecule has 0 aliphatic rings. The summed E-state index contributed by atoms with van der Waals surface area (Å²) >= 11 is 1.74. The fourth-order valence-electron chi connectivity index (χ4n) is 6.53. The highest BCUT2D eigenvalue weighted by atomic mass is 32.1. The van der Waals surface area contributed by atoms with Crippen LogP contribution in [0.3, 0.4) is 0 Å². The zero-order chi connectivity index (χ0) is 31.6. The van der Waals surface area contributed by atoms with Gasteiger partial charge in [-0.25, -0.2) is 19.9 Å². The van der Waals surface area contributed by atoms with Crippen LogP contribution in [0.2, 0.25) is 0 Å². The second kappa shape index (κ2) is 10.7. The van der Waals surface area contributed by atoms with Gasteiger partial charge in [-0.2, -0.15) is 0 Å². The topological polar surface area (TPSA) is 64.7 Å². The number of hydrogen-bond donors (Lipinski definition) is 0. The third-order valence-electron chi connectivity index (χ3n) is 8.93. The second-order valence-electron chi connectivity index (χ2n) is 11.9. The van der Waals surface area contributed by atoms with Crippen LogP contribution in [0.15, 0.2) is 150 Å². The molecule has 7 aromatic carbocycles. The van der Waals surface area contributed by atoms with Gasteiger partial charge in [0.25, 0.3) is 0 Å². The first-order valence-electron chi connectivity index (χ1n) is 15.8. The van der Waals surface area contributed by atoms with Crippen LogP contribution in [0.4, 0.5) is 0 Å². The van der Waals surface area contributed by atoms with E-state index in [2.05, 4.69) is 84.9 Å². The van der Waals surface area contributed by atoms with Crippen LogP contribution in [0.1, 0.15) is 0 Å². The van der Waals surface area contributed by atoms with Gasteiger partial charge in [-0.1, -0.05) is 109 Å². The molecular formula is C42H24N4OS. The van der Waals surface area contributed by atoms with E-state index in [1.54, 1.807) is 11.3 Å². The van der Waals surface area contributed by atoms with Crippen LogP contribution >= 0.6 is 11.3 Å². The molecule has 10 rings (SSSR count). The molecule has 10 aromatic rings. The first-order chi connectivity index (χ1) is 23.7. The smallest absolute Gasteiger partial charge is 0.227 e. The van der Waals surface area contributed by atoms with Crippen molar-refractivity contribution in [3.63, 3.8) is 0 Å². The van der Waals surface area contributed by atoms with E-state index >= 15 is 0 Å². The highest BCUT2D eigenvalue weighted by Crippen LogP contribution is 2.39. The Morgan fingerprint density at radius 3 is 1.79 bits per heavy atom. The monoisotopic (exact) mass is 632 g/mol. The minimum atomic E-state index is 0.634. The third kappa shape index (κ3) is 4.46. The molecule has 0 atom stereocenters. The molecule has 0 unspecified atom stereocenters. The fourth-order valence-corrected chi connectivity index (χ4v) is 7.69. The number of benzene rings is 7. The Morgan fingerprint density at radius 1 is 0.396 bits per heavy atom. The lowest BCUT2D eigenvalue weighted by Crippen LogP contribution is -2.00. The average Bonchev–Trinajstić information content (AvgIpc) is 3.74. The van der Waals surface area contributed by atoms with Crippen molar-refractivity contribution >= 4 is 64.2 Å². The van der Waals surface area contributed by atoms with Gasteiger partial charge < -0.3 is 4.42 Å². The molecule has 5 nitrogen and oxygen atoms in total. The number of aromatic nitrogens is 4. The number of oxazole rings is 1. The number of fused-ring (bicyclic) bond motifs is 7. The molecule has 0 bridgehead atoms. The average molecular weight is 633 g/mol. The molecule has 0 radical (unpaired) electrons. The van der Waals surface area contributed by atoms with Crippen molar-refractivity contribution < 1.29 is 4.42 Å². The van der Waals surface area contributed by atoms with Gasteiger partial charge in [0, 0.05) is 42.4 Å². The molecule has 48 heavy (non-hydrogen) atoms. The highest BCUT2D eigenvalue weighted by molar-refractivity contribution is 7.25. The summed E-state index contributed by atoms with van der Waals surface area (Å²) in [5.74, 6) is 2.56. The Balaban J connectivity index is 1.11. The first kappa shape index (κ1) is 26.9. The van der Waals surface area contributed by atoms with Gasteiger partial charge in [-0.05, 0) is 57.9 Å². The van der Waals surface area contributed by atoms with E-state index in [1.807, 2.05) is 60.7 Å². The molecule has 0 amide bonds. The summed E-state index contributed by atoms with van der Waals surface area (Å²) in [6, 6.07) is 50.1. The van der Waals surface area contributed by atoms with Crippen molar-refractivity contribution in [3.8, 4) is 45.6 Å². The first-order valence-corrected chi connectivity index (χ1v) is 16.6. The van der Waals surface area contributed by atoms with Crippen LogP contribution in [-0.2, 0) is 0 Å². The Bertz CT molecular complexity index is 2840. The molecule has 0 aliphatic carbocycles. The predicted molar refractivity (Wildman–Crippen MR) is 197 cm³/mol. The summed E-state index contributed by atoms with van der Waals surface area (Å²) in [6.45, 7) is 0. The van der Waals surface area contributed by atoms with Gasteiger partial charge in [0.05, 0.1) is 0 Å². The Kier molecular flexibility index (Phi) is 5.98. The van der Waals surface area contributed by atoms with Gasteiger partial charge in [0.1, 0.15) is 5.52 Å². The van der Waals surface area contributed by atoms with Gasteiger partial charge in [0.2, 0.25) is 5.89 Å². The van der Waals surface area contributed by atoms with E-state index in [9.17, 15) is 0 Å². The SMILES string of the molecule is c1ccc(-c2nc(-c3ccc4c(c3)sc3cc5nc(-c6ccccc6)oc5cc34)nc(-c3ccc4ccc5ccccc5c4c3)n2)cc1. The molecule has 3 aromatic heterocycles. The molecule has 0 saturated carbocycles. The molecule has 0 saturated heterocycles. The van der Waals surface area contributed by atoms with Crippen LogP contribution in [-0.4, -0.2) is 19.9 Å². The lowest BCUT2D eigenvalue weighted by Gasteiger charge is -2.10. The van der Waals surface area contributed by atoms with E-state index in [1.165, 1.54) is 21.5 Å². The molecule has 6 heteroatoms. The Morgan fingerprint density at radius 2 is 1.00 bits per heavy atom. The van der Waals surface area contributed by atoms with E-state index in [4.69, 9.17) is 24.4 Å². The van der Waals surface area contributed by atoms with Gasteiger partial charge in [-0.15, -0.1) is 11.3 Å². The van der Waals surface area contributed by atoms with Crippen molar-refractivity contribution in [2.24, 2.45) is 0 Å². The van der Waals surface area contributed by atoms with Crippen LogP contribution < -0.4 is 0 Å². The normalized spacial score (nSPS) is 11.8. The summed E-state index contributed by atoms with van der Waals surface area (Å²) in [4.78, 5) is 19.9. The highest BCUT2D eigenvalue weighted by Gasteiger charge is 2.16. The number of thiophene rings is 1. The van der Waals surface area contributed by atoms with Gasteiger partial charge >= 0.3 is 0 Å². The quantitative estimate of drug-likeness (QED) is 0.181. The van der Waals surface area contributed by atoms with Crippen molar-refractivity contribution in [2.75, 3.05) is 0 Å². The molecule has 0 spiro atoms. The number of hydrogen-bond acceptors (Lipinski definition) is 6. The molecular weight excluding hydrogens is 609 g/mol. The second-order valence-corrected chi connectivity index (χ2v) is 13.0. The standard InChI is InChI=1S/C42H24N4OS/c1-3-10-27(11-4-1)39-44-40(29-18-17-26-16-15-25-9-7-8-14-31(25)33(26)21-29)46-41(45-39)30-19-20-32-34-23-36-35(24-38(34)48-37(32)22-30)43-42(47-36)28-12-5-2-6-13-28/h1-24H. The van der Waals surface area contributed by atoms with E-state index in [0.717, 1.165) is 53.5 Å². The maximum Gasteiger partial charge on any atom is 0.227 e. The summed E-state index contributed by atoms with van der Waals surface area (Å²) in [6.07, 6.45) is 0. The maximum absolute atomic E-state index is 6.20. The zero-order valence-corrected chi connectivity index (χ0v) is 26.3. The molecule has 224 valence electrons. The zero-order valence-electron chi connectivity index (χ0n) is 25.5. The summed E-state index contributed by atoms with van der Waals surface area (Å²) < 4.78 is 8.51. The van der Waals surface area contributed by atoms with Crippen LogP contribution in [0, 0.1) is 0 Å². The van der Waals surface area contributed by atoms with Gasteiger partial charge in [-0.3, -0.25) is 0 Å². The molecule has 0 N–H and O–H groups in total. The van der Waals surface area contributed by atoms with Crippen LogP contribution in [0.5, 0.6) is 0 Å². The van der Waals surface area contributed by atoms with Crippen molar-refractivity contribution in [1.29, 1.82) is 0 Å². The van der Waals surface area contributed by atoms with E-state index in [0.29, 0.717) is 23.4 Å². The minimum Gasteiger partial charge on any atom is -0.436 e. The largest absolute Gasteiger partial charge is 0.436 e. The van der Waals surface area contributed by atoms with Crippen molar-refractivity contribution in [3.05, 3.63) is 146 Å². The number of nitrogens with zero attached hydrogens (tertiary/aromatic N) is 4. The fraction of sp³-hybridized carbons (Fsp3) is 0. The van der Waals surface area contributed by atoms with Crippen LogP contribution in [0.25, 0.3) is 98.4 Å². The molecule has 3 heterocycles. The lowest BCUT2D eigenvalue weighted by molar-refractivity contribution is 0.620. The maximum atomic E-state index is 6.20. The van der Waals surface area contributed by atoms with Gasteiger partial charge in [0.15, 0.2) is 23.1 Å². The summed E-state index contributed by atoms with van der Waals surface area (Å²) in [7, 11) is 0. The molecule has 0 aliphatic heterocycles. The minimum absolute atomic E-state index is 0.634. The van der Waals surface area contributed by atoms with E-state index < -0.39 is 0 Å². The van der Waals surface area contributed by atoms with Crippen molar-refractivity contribution in [1.82, 2.24) is 19.9 Å². The predicted octanol–water partition coefficient (Wildman–Crippen LogP) is 11.4. The third-order valence-corrected chi connectivity index (χ3v) is 10.0. The van der Waals surface area contributed by atoms with E-state index in [-0.39, 0.29) is 0 Å².